The van der Waals surface area contributed by atoms with Crippen molar-refractivity contribution >= 4 is 55.8 Å². The van der Waals surface area contributed by atoms with Crippen molar-refractivity contribution in [3.8, 4) is 0 Å². The Bertz CT molecular complexity index is 1420. The zero-order valence-corrected chi connectivity index (χ0v) is 21.1. The first kappa shape index (κ1) is 23.2. The van der Waals surface area contributed by atoms with Crippen LogP contribution in [0.1, 0.15) is 42.6 Å². The molecule has 3 aromatic heterocycles. The number of benzene rings is 1. The molecule has 1 aromatic carbocycles. The molecule has 1 saturated heterocycles. The van der Waals surface area contributed by atoms with Crippen LogP contribution in [-0.2, 0) is 4.74 Å². The number of ether oxygens (including phenoxy) is 1. The highest BCUT2D eigenvalue weighted by molar-refractivity contribution is 7.21. The monoisotopic (exact) mass is 491 g/mol. The van der Waals surface area contributed by atoms with Crippen LogP contribution in [0.3, 0.4) is 0 Å². The quantitative estimate of drug-likeness (QED) is 0.347. The van der Waals surface area contributed by atoms with Gasteiger partial charge in [-0.1, -0.05) is 0 Å². The number of hydrogen-bond donors (Lipinski definition) is 3. The number of anilines is 2. The molecule has 4 heterocycles. The lowest BCUT2D eigenvalue weighted by molar-refractivity contribution is 0.0502. The van der Waals surface area contributed by atoms with Crippen LogP contribution in [0, 0.1) is 6.92 Å². The van der Waals surface area contributed by atoms with Crippen LogP contribution in [0.2, 0.25) is 0 Å². The fraction of sp³-hybridized carbons (Fsp3) is 0.346. The molecular weight excluding hydrogens is 462 g/mol. The SMILES string of the molecule is Cc1cc2cc(Nc3ccnc4cc(C(=O)N5CCC(NC(=O)OC(C)(C)C)C5)sc34)ccc2[nH]1. The average molecular weight is 492 g/mol. The second-order valence-corrected chi connectivity index (χ2v) is 11.0. The Morgan fingerprint density at radius 3 is 2.83 bits per heavy atom. The number of amides is 2. The van der Waals surface area contributed by atoms with E-state index in [1.54, 1.807) is 11.1 Å². The molecule has 9 heteroatoms. The number of aromatic amines is 1. The molecule has 1 fully saturated rings. The maximum absolute atomic E-state index is 13.2. The van der Waals surface area contributed by atoms with Gasteiger partial charge in [0.15, 0.2) is 0 Å². The number of pyridine rings is 1. The lowest BCUT2D eigenvalue weighted by Gasteiger charge is -2.22. The van der Waals surface area contributed by atoms with E-state index in [9.17, 15) is 9.59 Å². The van der Waals surface area contributed by atoms with E-state index < -0.39 is 11.7 Å². The van der Waals surface area contributed by atoms with Crippen molar-refractivity contribution in [2.75, 3.05) is 18.4 Å². The molecule has 1 unspecified atom stereocenters. The topological polar surface area (TPSA) is 99.4 Å². The van der Waals surface area contributed by atoms with Crippen LogP contribution >= 0.6 is 11.3 Å². The smallest absolute Gasteiger partial charge is 0.407 e. The zero-order valence-electron chi connectivity index (χ0n) is 20.3. The number of likely N-dealkylation sites (tertiary alicyclic amines) is 1. The first-order chi connectivity index (χ1) is 16.6. The van der Waals surface area contributed by atoms with Gasteiger partial charge in [0.2, 0.25) is 0 Å². The minimum atomic E-state index is -0.555. The molecule has 1 aliphatic rings. The van der Waals surface area contributed by atoms with Gasteiger partial charge in [-0.2, -0.15) is 0 Å². The lowest BCUT2D eigenvalue weighted by Crippen LogP contribution is -2.41. The summed E-state index contributed by atoms with van der Waals surface area (Å²) in [5, 5.41) is 7.50. The normalized spacial score (nSPS) is 16.1. The molecule has 0 spiro atoms. The van der Waals surface area contributed by atoms with Crippen molar-refractivity contribution in [2.45, 2.75) is 45.8 Å². The molecule has 2 amide bonds. The van der Waals surface area contributed by atoms with E-state index in [4.69, 9.17) is 4.74 Å². The van der Waals surface area contributed by atoms with Gasteiger partial charge in [-0.15, -0.1) is 11.3 Å². The van der Waals surface area contributed by atoms with Crippen LogP contribution in [0.25, 0.3) is 21.1 Å². The molecule has 1 aliphatic heterocycles. The number of hydrogen-bond acceptors (Lipinski definition) is 6. The largest absolute Gasteiger partial charge is 0.444 e. The number of H-pyrrole nitrogens is 1. The molecule has 0 bridgehead atoms. The number of alkyl carbamates (subject to hydrolysis) is 1. The minimum absolute atomic E-state index is 0.0448. The standard InChI is InChI=1S/C26H29N5O3S/c1-15-11-16-12-17(5-6-19(16)28-15)29-20-7-9-27-21-13-22(35-23(20)21)24(32)31-10-8-18(14-31)30-25(33)34-26(2,3)4/h5-7,9,11-13,18,28H,8,10,14H2,1-4H3,(H,27,29)(H,30,33). The summed E-state index contributed by atoms with van der Waals surface area (Å²) < 4.78 is 6.27. The molecule has 4 aromatic rings. The van der Waals surface area contributed by atoms with E-state index in [0.717, 1.165) is 38.2 Å². The summed E-state index contributed by atoms with van der Waals surface area (Å²) in [4.78, 5) is 35.6. The number of rotatable bonds is 4. The summed E-state index contributed by atoms with van der Waals surface area (Å²) in [7, 11) is 0. The fourth-order valence-electron chi connectivity index (χ4n) is 4.35. The average Bonchev–Trinajstić information content (AvgIpc) is 3.49. The molecule has 0 aliphatic carbocycles. The van der Waals surface area contributed by atoms with E-state index in [1.165, 1.54) is 11.3 Å². The van der Waals surface area contributed by atoms with Gasteiger partial charge >= 0.3 is 6.09 Å². The molecule has 182 valence electrons. The van der Waals surface area contributed by atoms with Gasteiger partial charge in [0, 0.05) is 41.6 Å². The van der Waals surface area contributed by atoms with Crippen LogP contribution < -0.4 is 10.6 Å². The van der Waals surface area contributed by atoms with Crippen molar-refractivity contribution in [2.24, 2.45) is 0 Å². The van der Waals surface area contributed by atoms with Crippen molar-refractivity contribution in [1.82, 2.24) is 20.2 Å². The molecule has 3 N–H and O–H groups in total. The van der Waals surface area contributed by atoms with E-state index in [1.807, 2.05) is 45.9 Å². The van der Waals surface area contributed by atoms with Gasteiger partial charge in [0.25, 0.3) is 5.91 Å². The predicted molar refractivity (Wildman–Crippen MR) is 140 cm³/mol. The Morgan fingerprint density at radius 2 is 2.03 bits per heavy atom. The van der Waals surface area contributed by atoms with E-state index in [-0.39, 0.29) is 11.9 Å². The summed E-state index contributed by atoms with van der Waals surface area (Å²) in [6.45, 7) is 8.57. The highest BCUT2D eigenvalue weighted by Crippen LogP contribution is 2.34. The number of nitrogens with zero attached hydrogens (tertiary/aromatic N) is 2. The first-order valence-corrected chi connectivity index (χ1v) is 12.5. The number of carbonyl (C=O) groups excluding carboxylic acids is 2. The van der Waals surface area contributed by atoms with Gasteiger partial charge in [0.05, 0.1) is 26.8 Å². The zero-order chi connectivity index (χ0) is 24.7. The Morgan fingerprint density at radius 1 is 1.20 bits per heavy atom. The Kier molecular flexibility index (Phi) is 5.88. The van der Waals surface area contributed by atoms with Gasteiger partial charge in [-0.05, 0) is 70.5 Å². The fourth-order valence-corrected chi connectivity index (χ4v) is 5.40. The second-order valence-electron chi connectivity index (χ2n) is 9.95. The minimum Gasteiger partial charge on any atom is -0.444 e. The van der Waals surface area contributed by atoms with Crippen LogP contribution in [0.5, 0.6) is 0 Å². The van der Waals surface area contributed by atoms with Crippen molar-refractivity contribution < 1.29 is 14.3 Å². The molecule has 5 rings (SSSR count). The number of carbonyl (C=O) groups is 2. The molecule has 8 nitrogen and oxygen atoms in total. The Balaban J connectivity index is 1.30. The highest BCUT2D eigenvalue weighted by atomic mass is 32.1. The third-order valence-corrected chi connectivity index (χ3v) is 7.00. The van der Waals surface area contributed by atoms with Gasteiger partial charge in [-0.3, -0.25) is 9.78 Å². The predicted octanol–water partition coefficient (Wildman–Crippen LogP) is 5.57. The second kappa shape index (κ2) is 8.88. The summed E-state index contributed by atoms with van der Waals surface area (Å²) >= 11 is 1.43. The van der Waals surface area contributed by atoms with E-state index in [2.05, 4.69) is 38.8 Å². The summed E-state index contributed by atoms with van der Waals surface area (Å²) in [6, 6.07) is 12.0. The molecule has 35 heavy (non-hydrogen) atoms. The van der Waals surface area contributed by atoms with Crippen LogP contribution in [-0.4, -0.2) is 51.6 Å². The Labute approximate surface area is 207 Å². The molecule has 0 saturated carbocycles. The summed E-state index contributed by atoms with van der Waals surface area (Å²) in [6.07, 6.45) is 2.00. The number of aryl methyl sites for hydroxylation is 1. The van der Waals surface area contributed by atoms with Crippen molar-refractivity contribution in [3.63, 3.8) is 0 Å². The Hall–Kier alpha value is -3.59. The van der Waals surface area contributed by atoms with Crippen LogP contribution in [0.15, 0.2) is 42.6 Å². The third kappa shape index (κ3) is 5.09. The number of aromatic nitrogens is 2. The highest BCUT2D eigenvalue weighted by Gasteiger charge is 2.30. The van der Waals surface area contributed by atoms with Crippen LogP contribution in [0.4, 0.5) is 16.2 Å². The van der Waals surface area contributed by atoms with Gasteiger partial charge in [0.1, 0.15) is 5.60 Å². The van der Waals surface area contributed by atoms with Crippen molar-refractivity contribution in [1.29, 1.82) is 0 Å². The molecular formula is C26H29N5O3S. The van der Waals surface area contributed by atoms with Crippen molar-refractivity contribution in [3.05, 3.63) is 53.2 Å². The van der Waals surface area contributed by atoms with Gasteiger partial charge < -0.3 is 25.3 Å². The number of fused-ring (bicyclic) bond motifs is 2. The summed E-state index contributed by atoms with van der Waals surface area (Å²) in [5.41, 5.74) is 4.33. The van der Waals surface area contributed by atoms with E-state index in [0.29, 0.717) is 24.4 Å². The number of nitrogens with one attached hydrogen (secondary N) is 3. The maximum atomic E-state index is 13.2. The number of thiophene rings is 1. The molecule has 0 radical (unpaired) electrons. The van der Waals surface area contributed by atoms with Gasteiger partial charge in [-0.25, -0.2) is 4.79 Å². The lowest BCUT2D eigenvalue weighted by atomic mass is 10.2. The maximum Gasteiger partial charge on any atom is 0.407 e. The molecule has 1 atom stereocenters. The van der Waals surface area contributed by atoms with E-state index >= 15 is 0 Å². The third-order valence-electron chi connectivity index (χ3n) is 5.85. The first-order valence-electron chi connectivity index (χ1n) is 11.7. The summed E-state index contributed by atoms with van der Waals surface area (Å²) in [5.74, 6) is -0.0448.